The van der Waals surface area contributed by atoms with Gasteiger partial charge in [-0.1, -0.05) is 5.21 Å². The number of rotatable bonds is 8. The van der Waals surface area contributed by atoms with Gasteiger partial charge in [0.1, 0.15) is 35.9 Å². The number of H-pyrrole nitrogens is 2. The highest BCUT2D eigenvalue weighted by Crippen LogP contribution is 2.50. The molecule has 6 rings (SSSR count). The summed E-state index contributed by atoms with van der Waals surface area (Å²) in [6, 6.07) is 0. The molecule has 6 heterocycles. The van der Waals surface area contributed by atoms with Crippen molar-refractivity contribution in [1.29, 1.82) is 0 Å². The average molecular weight is 633 g/mol. The number of aliphatic hydroxyl groups is 3. The third kappa shape index (κ3) is 4.88. The molecular formula is C19H22ClN10O11P. The lowest BCUT2D eigenvalue weighted by atomic mass is 10.1. The molecule has 0 radical (unpaired) electrons. The monoisotopic (exact) mass is 632 g/mol. The SMILES string of the molecule is Nc1nc2c(ncn2[C@@H]2O[C@H](CO)[C@@H](O)[C@H]2OP(=O)(O)OC[C@H]2O[C@@H](n3nnc4c(=O)[nH]cnc43)[C@@H](Cl)[C@@H]2O)c(=O)[nH]1. The van der Waals surface area contributed by atoms with Crippen LogP contribution in [0.5, 0.6) is 0 Å². The topological polar surface area (TPSA) is 301 Å². The van der Waals surface area contributed by atoms with E-state index in [2.05, 4.69) is 35.2 Å². The number of nitrogen functional groups attached to an aromatic ring is 1. The van der Waals surface area contributed by atoms with E-state index in [9.17, 15) is 34.4 Å². The molecule has 0 bridgehead atoms. The number of nitrogens with two attached hydrogens (primary N) is 1. The van der Waals surface area contributed by atoms with E-state index in [1.54, 1.807) is 0 Å². The summed E-state index contributed by atoms with van der Waals surface area (Å²) in [6.07, 6.45) is -7.68. The fourth-order valence-corrected chi connectivity index (χ4v) is 5.94. The molecule has 0 spiro atoms. The van der Waals surface area contributed by atoms with Gasteiger partial charge in [0.05, 0.1) is 25.9 Å². The first kappa shape index (κ1) is 28.7. The molecule has 2 fully saturated rings. The van der Waals surface area contributed by atoms with Crippen molar-refractivity contribution in [1.82, 2.24) is 44.5 Å². The largest absolute Gasteiger partial charge is 0.472 e. The van der Waals surface area contributed by atoms with E-state index in [0.717, 1.165) is 21.9 Å². The molecule has 4 aromatic heterocycles. The van der Waals surface area contributed by atoms with Crippen LogP contribution in [0.25, 0.3) is 22.3 Å². The number of aromatic amines is 2. The first-order valence-electron chi connectivity index (χ1n) is 12.1. The van der Waals surface area contributed by atoms with Gasteiger partial charge >= 0.3 is 7.82 Å². The standard InChI is InChI=1S/C19H22ClN10O11P/c20-7-10(32)6(40-17(7)30-13-9(27-28-30)15(34)23-3-22-13)2-38-42(36,37)41-12-11(33)5(1-31)39-18(12)29-4-24-8-14(29)25-19(21)26-16(8)35/h3-7,10-12,17-18,31-33H,1-2H2,(H,36,37)(H,22,23,34)(H3,21,25,26,35)/t5-,6-,7+,10-,11-,12-,17-,18-/m1/s1. The Morgan fingerprint density at radius 3 is 2.62 bits per heavy atom. The van der Waals surface area contributed by atoms with Crippen molar-refractivity contribution in [2.24, 2.45) is 0 Å². The summed E-state index contributed by atoms with van der Waals surface area (Å²) in [5.41, 5.74) is 4.06. The second kappa shape index (κ2) is 10.7. The molecule has 8 N–H and O–H groups in total. The minimum absolute atomic E-state index is 0.0179. The molecule has 9 atom stereocenters. The number of imidazole rings is 1. The summed E-state index contributed by atoms with van der Waals surface area (Å²) >= 11 is 6.32. The van der Waals surface area contributed by atoms with Gasteiger partial charge in [-0.2, -0.15) is 9.67 Å². The summed E-state index contributed by atoms with van der Waals surface area (Å²) in [7, 11) is -5.05. The van der Waals surface area contributed by atoms with Gasteiger partial charge < -0.3 is 40.4 Å². The van der Waals surface area contributed by atoms with E-state index in [1.807, 2.05) is 0 Å². The summed E-state index contributed by atoms with van der Waals surface area (Å²) < 4.78 is 36.8. The highest BCUT2D eigenvalue weighted by atomic mass is 35.5. The number of fused-ring (bicyclic) bond motifs is 2. The second-order valence-electron chi connectivity index (χ2n) is 9.29. The quantitative estimate of drug-likeness (QED) is 0.0744. The minimum atomic E-state index is -5.05. The van der Waals surface area contributed by atoms with Crippen LogP contribution in [0.3, 0.4) is 0 Å². The van der Waals surface area contributed by atoms with Crippen LogP contribution >= 0.6 is 19.4 Å². The number of anilines is 1. The van der Waals surface area contributed by atoms with Gasteiger partial charge in [0.2, 0.25) is 5.95 Å². The molecule has 0 saturated carbocycles. The lowest BCUT2D eigenvalue weighted by Gasteiger charge is -2.24. The number of hydrogen-bond donors (Lipinski definition) is 7. The maximum Gasteiger partial charge on any atom is 0.472 e. The van der Waals surface area contributed by atoms with Gasteiger partial charge in [-0.3, -0.25) is 28.2 Å². The average Bonchev–Trinajstić information content (AvgIpc) is 3.69. The van der Waals surface area contributed by atoms with Crippen molar-refractivity contribution in [3.63, 3.8) is 0 Å². The van der Waals surface area contributed by atoms with Crippen LogP contribution in [0.4, 0.5) is 5.95 Å². The van der Waals surface area contributed by atoms with Gasteiger partial charge in [0.15, 0.2) is 34.8 Å². The molecule has 0 amide bonds. The van der Waals surface area contributed by atoms with Gasteiger partial charge in [-0.05, 0) is 0 Å². The number of hydrogen-bond acceptors (Lipinski definition) is 16. The molecule has 21 nitrogen and oxygen atoms in total. The van der Waals surface area contributed by atoms with Gasteiger partial charge in [0, 0.05) is 0 Å². The van der Waals surface area contributed by atoms with E-state index in [0.29, 0.717) is 0 Å². The minimum Gasteiger partial charge on any atom is -0.394 e. The van der Waals surface area contributed by atoms with E-state index < -0.39 is 80.5 Å². The summed E-state index contributed by atoms with van der Waals surface area (Å²) in [5, 5.41) is 37.3. The molecule has 23 heteroatoms. The Kier molecular flexibility index (Phi) is 7.33. The number of nitrogens with one attached hydrogen (secondary N) is 2. The first-order valence-corrected chi connectivity index (χ1v) is 14.0. The van der Waals surface area contributed by atoms with Crippen LogP contribution in [-0.4, -0.2) is 114 Å². The number of aromatic nitrogens is 9. The first-order chi connectivity index (χ1) is 20.0. The third-order valence-corrected chi connectivity index (χ3v) is 8.14. The maximum absolute atomic E-state index is 13.0. The maximum atomic E-state index is 13.0. The number of nitrogens with zero attached hydrogens (tertiary/aromatic N) is 7. The zero-order valence-corrected chi connectivity index (χ0v) is 22.5. The lowest BCUT2D eigenvalue weighted by Crippen LogP contribution is -2.35. The Labute approximate surface area is 236 Å². The Hall–Kier alpha value is -3.37. The van der Waals surface area contributed by atoms with Gasteiger partial charge in [0.25, 0.3) is 11.1 Å². The lowest BCUT2D eigenvalue weighted by molar-refractivity contribution is -0.0609. The molecule has 2 aliphatic heterocycles. The highest BCUT2D eigenvalue weighted by molar-refractivity contribution is 7.47. The van der Waals surface area contributed by atoms with Crippen LogP contribution in [0.2, 0.25) is 0 Å². The smallest absolute Gasteiger partial charge is 0.394 e. The normalized spacial score (nSPS) is 31.3. The van der Waals surface area contributed by atoms with Crippen molar-refractivity contribution in [2.75, 3.05) is 18.9 Å². The predicted octanol–water partition coefficient (Wildman–Crippen LogP) is -3.15. The van der Waals surface area contributed by atoms with Crippen molar-refractivity contribution < 1.29 is 43.3 Å². The number of phosphoric acid groups is 1. The van der Waals surface area contributed by atoms with E-state index >= 15 is 0 Å². The zero-order chi connectivity index (χ0) is 29.9. The molecule has 2 saturated heterocycles. The molecule has 226 valence electrons. The van der Waals surface area contributed by atoms with E-state index in [-0.39, 0.29) is 28.3 Å². The molecule has 0 aliphatic carbocycles. The van der Waals surface area contributed by atoms with Gasteiger partial charge in [-0.25, -0.2) is 14.5 Å². The Balaban J connectivity index is 1.19. The molecule has 1 unspecified atom stereocenters. The van der Waals surface area contributed by atoms with Crippen molar-refractivity contribution in [2.45, 2.75) is 48.4 Å². The highest BCUT2D eigenvalue weighted by Gasteiger charge is 2.50. The molecular weight excluding hydrogens is 611 g/mol. The fraction of sp³-hybridized carbons (Fsp3) is 0.526. The number of alkyl halides is 1. The molecule has 0 aromatic carbocycles. The number of halogens is 1. The Morgan fingerprint density at radius 2 is 1.86 bits per heavy atom. The van der Waals surface area contributed by atoms with Crippen molar-refractivity contribution in [3.8, 4) is 0 Å². The predicted molar refractivity (Wildman–Crippen MR) is 136 cm³/mol. The molecule has 4 aromatic rings. The number of aliphatic hydroxyl groups excluding tert-OH is 3. The number of ether oxygens (including phenoxy) is 2. The zero-order valence-electron chi connectivity index (χ0n) is 20.9. The second-order valence-corrected chi connectivity index (χ2v) is 11.2. The van der Waals surface area contributed by atoms with Gasteiger partial charge in [-0.15, -0.1) is 16.7 Å². The summed E-state index contributed by atoms with van der Waals surface area (Å²) in [6.45, 7) is -1.43. The van der Waals surface area contributed by atoms with E-state index in [1.165, 1.54) is 0 Å². The van der Waals surface area contributed by atoms with Crippen LogP contribution in [0, 0.1) is 0 Å². The number of phosphoric ester groups is 1. The Bertz CT molecular complexity index is 1800. The van der Waals surface area contributed by atoms with Crippen LogP contribution in [0.15, 0.2) is 22.2 Å². The summed E-state index contributed by atoms with van der Waals surface area (Å²) in [4.78, 5) is 51.1. The van der Waals surface area contributed by atoms with Crippen LogP contribution in [-0.2, 0) is 23.1 Å². The van der Waals surface area contributed by atoms with Crippen LogP contribution < -0.4 is 16.9 Å². The molecule has 42 heavy (non-hydrogen) atoms. The fourth-order valence-electron chi connectivity index (χ4n) is 4.67. The van der Waals surface area contributed by atoms with Crippen LogP contribution in [0.1, 0.15) is 12.5 Å². The van der Waals surface area contributed by atoms with Crippen molar-refractivity contribution in [3.05, 3.63) is 33.4 Å². The summed E-state index contributed by atoms with van der Waals surface area (Å²) in [5.74, 6) is -0.257. The van der Waals surface area contributed by atoms with Crippen molar-refractivity contribution >= 4 is 47.7 Å². The Morgan fingerprint density at radius 1 is 1.10 bits per heavy atom. The molecule has 2 aliphatic rings. The third-order valence-electron chi connectivity index (χ3n) is 6.68. The van der Waals surface area contributed by atoms with E-state index in [4.69, 9.17) is 35.9 Å².